The van der Waals surface area contributed by atoms with Crippen LogP contribution in [0, 0.1) is 0 Å². The molecular formula is C24H21ClN2O2. The number of rotatable bonds is 4. The molecule has 0 unspecified atom stereocenters. The molecule has 29 heavy (non-hydrogen) atoms. The van der Waals surface area contributed by atoms with E-state index in [4.69, 9.17) is 20.8 Å². The highest BCUT2D eigenvalue weighted by Crippen LogP contribution is 2.41. The third-order valence-electron chi connectivity index (χ3n) is 5.84. The molecule has 1 aliphatic rings. The first kappa shape index (κ1) is 18.3. The van der Waals surface area contributed by atoms with Gasteiger partial charge in [-0.05, 0) is 46.9 Å². The van der Waals surface area contributed by atoms with Gasteiger partial charge in [0.15, 0.2) is 0 Å². The zero-order chi connectivity index (χ0) is 19.7. The van der Waals surface area contributed by atoms with Crippen molar-refractivity contribution >= 4 is 22.4 Å². The minimum absolute atomic E-state index is 0.327. The molecule has 0 N–H and O–H groups in total. The average molecular weight is 405 g/mol. The van der Waals surface area contributed by atoms with E-state index in [1.807, 2.05) is 12.1 Å². The Hall–Kier alpha value is -2.69. The molecule has 146 valence electrons. The number of aromatic nitrogens is 2. The second-order valence-electron chi connectivity index (χ2n) is 7.52. The van der Waals surface area contributed by atoms with Crippen LogP contribution in [0.3, 0.4) is 0 Å². The van der Waals surface area contributed by atoms with Gasteiger partial charge in [0.25, 0.3) is 0 Å². The summed E-state index contributed by atoms with van der Waals surface area (Å²) in [6, 6.07) is 22.6. The maximum absolute atomic E-state index is 6.25. The van der Waals surface area contributed by atoms with Crippen molar-refractivity contribution in [2.75, 3.05) is 13.2 Å². The molecule has 0 amide bonds. The summed E-state index contributed by atoms with van der Waals surface area (Å²) in [6.45, 7) is 1.34. The highest BCUT2D eigenvalue weighted by Gasteiger charge is 2.41. The Kier molecular flexibility index (Phi) is 4.82. The van der Waals surface area contributed by atoms with Crippen LogP contribution in [0.15, 0.2) is 71.1 Å². The first-order valence-electron chi connectivity index (χ1n) is 9.88. The van der Waals surface area contributed by atoms with E-state index in [1.54, 1.807) is 0 Å². The number of hydrogen-bond donors (Lipinski definition) is 0. The van der Waals surface area contributed by atoms with Crippen molar-refractivity contribution < 1.29 is 9.15 Å². The predicted octanol–water partition coefficient (Wildman–Crippen LogP) is 5.56. The fraction of sp³-hybridized carbons (Fsp3) is 0.250. The van der Waals surface area contributed by atoms with Crippen molar-refractivity contribution in [1.82, 2.24) is 10.2 Å². The fourth-order valence-electron chi connectivity index (χ4n) is 4.24. The topological polar surface area (TPSA) is 48.2 Å². The molecule has 5 rings (SSSR count). The molecule has 0 radical (unpaired) electrons. The smallest absolute Gasteiger partial charge is 0.227 e. The molecule has 0 saturated carbocycles. The van der Waals surface area contributed by atoms with Gasteiger partial charge in [-0.15, -0.1) is 10.2 Å². The lowest BCUT2D eigenvalue weighted by Gasteiger charge is -2.34. The van der Waals surface area contributed by atoms with Gasteiger partial charge in [-0.1, -0.05) is 66.2 Å². The van der Waals surface area contributed by atoms with Gasteiger partial charge in [-0.3, -0.25) is 0 Å². The molecule has 4 aromatic rings. The lowest BCUT2D eigenvalue weighted by Crippen LogP contribution is -2.35. The Balaban J connectivity index is 1.51. The highest BCUT2D eigenvalue weighted by atomic mass is 35.5. The fourth-order valence-corrected chi connectivity index (χ4v) is 4.37. The highest BCUT2D eigenvalue weighted by molar-refractivity contribution is 6.30. The van der Waals surface area contributed by atoms with Crippen LogP contribution in [-0.4, -0.2) is 23.4 Å². The van der Waals surface area contributed by atoms with E-state index in [1.165, 1.54) is 16.3 Å². The number of halogens is 1. The Labute approximate surface area is 174 Å². The van der Waals surface area contributed by atoms with Crippen LogP contribution < -0.4 is 0 Å². The van der Waals surface area contributed by atoms with Gasteiger partial charge in [-0.2, -0.15) is 0 Å². The molecule has 0 bridgehead atoms. The molecule has 5 heteroatoms. The minimum atomic E-state index is -0.327. The van der Waals surface area contributed by atoms with Crippen LogP contribution in [0.1, 0.15) is 35.7 Å². The summed E-state index contributed by atoms with van der Waals surface area (Å²) in [5.74, 6) is 1.30. The van der Waals surface area contributed by atoms with Crippen LogP contribution in [0.5, 0.6) is 0 Å². The van der Waals surface area contributed by atoms with E-state index in [-0.39, 0.29) is 5.41 Å². The van der Waals surface area contributed by atoms with Crippen molar-refractivity contribution in [2.24, 2.45) is 0 Å². The number of ether oxygens (including phenoxy) is 1. The van der Waals surface area contributed by atoms with Crippen molar-refractivity contribution in [1.29, 1.82) is 0 Å². The lowest BCUT2D eigenvalue weighted by atomic mass is 9.74. The zero-order valence-corrected chi connectivity index (χ0v) is 16.7. The van der Waals surface area contributed by atoms with Crippen molar-refractivity contribution in [3.63, 3.8) is 0 Å². The quantitative estimate of drug-likeness (QED) is 0.446. The van der Waals surface area contributed by atoms with E-state index >= 15 is 0 Å². The van der Waals surface area contributed by atoms with Crippen LogP contribution in [0.2, 0.25) is 5.02 Å². The Morgan fingerprint density at radius 2 is 1.62 bits per heavy atom. The van der Waals surface area contributed by atoms with E-state index in [0.29, 0.717) is 31.4 Å². The SMILES string of the molecule is Clc1ccc(C2(c3nnc(Cc4cccc5ccccc45)o3)CCOCC2)cc1. The van der Waals surface area contributed by atoms with Crippen LogP contribution in [-0.2, 0) is 16.6 Å². The summed E-state index contributed by atoms with van der Waals surface area (Å²) < 4.78 is 11.9. The van der Waals surface area contributed by atoms with E-state index < -0.39 is 0 Å². The molecule has 0 aliphatic carbocycles. The molecule has 2 heterocycles. The van der Waals surface area contributed by atoms with Crippen molar-refractivity contribution in [2.45, 2.75) is 24.7 Å². The molecule has 0 atom stereocenters. The predicted molar refractivity (Wildman–Crippen MR) is 113 cm³/mol. The normalized spacial score (nSPS) is 16.2. The van der Waals surface area contributed by atoms with Gasteiger partial charge >= 0.3 is 0 Å². The number of benzene rings is 3. The summed E-state index contributed by atoms with van der Waals surface area (Å²) in [5.41, 5.74) is 2.00. The van der Waals surface area contributed by atoms with Gasteiger partial charge < -0.3 is 9.15 Å². The minimum Gasteiger partial charge on any atom is -0.424 e. The molecule has 3 aromatic carbocycles. The first-order valence-corrected chi connectivity index (χ1v) is 10.3. The molecular weight excluding hydrogens is 384 g/mol. The van der Waals surface area contributed by atoms with E-state index in [9.17, 15) is 0 Å². The second kappa shape index (κ2) is 7.62. The van der Waals surface area contributed by atoms with E-state index in [2.05, 4.69) is 64.8 Å². The molecule has 1 fully saturated rings. The summed E-state index contributed by atoms with van der Waals surface area (Å²) in [4.78, 5) is 0. The summed E-state index contributed by atoms with van der Waals surface area (Å²) in [5, 5.41) is 12.0. The van der Waals surface area contributed by atoms with Gasteiger partial charge in [-0.25, -0.2) is 0 Å². The third-order valence-corrected chi connectivity index (χ3v) is 6.09. The Morgan fingerprint density at radius 1 is 0.862 bits per heavy atom. The summed E-state index contributed by atoms with van der Waals surface area (Å²) >= 11 is 6.11. The number of fused-ring (bicyclic) bond motifs is 1. The molecule has 0 spiro atoms. The zero-order valence-electron chi connectivity index (χ0n) is 16.0. The first-order chi connectivity index (χ1) is 14.2. The van der Waals surface area contributed by atoms with Crippen molar-refractivity contribution in [3.05, 3.63) is 94.7 Å². The molecule has 4 nitrogen and oxygen atoms in total. The maximum Gasteiger partial charge on any atom is 0.227 e. The summed E-state index contributed by atoms with van der Waals surface area (Å²) in [7, 11) is 0. The maximum atomic E-state index is 6.25. The Bertz CT molecular complexity index is 1130. The van der Waals surface area contributed by atoms with Crippen LogP contribution in [0.4, 0.5) is 0 Å². The molecule has 1 aromatic heterocycles. The third kappa shape index (κ3) is 3.43. The second-order valence-corrected chi connectivity index (χ2v) is 7.95. The van der Waals surface area contributed by atoms with Gasteiger partial charge in [0.1, 0.15) is 0 Å². The van der Waals surface area contributed by atoms with Gasteiger partial charge in [0, 0.05) is 18.2 Å². The number of nitrogens with zero attached hydrogens (tertiary/aromatic N) is 2. The van der Waals surface area contributed by atoms with Gasteiger partial charge in [0.2, 0.25) is 11.8 Å². The standard InChI is InChI=1S/C24H21ClN2O2/c25-20-10-8-19(9-11-20)24(12-14-28-15-13-24)23-27-26-22(29-23)16-18-6-3-5-17-4-1-2-7-21(17)18/h1-11H,12-16H2. The Morgan fingerprint density at radius 3 is 2.45 bits per heavy atom. The number of hydrogen-bond acceptors (Lipinski definition) is 4. The summed E-state index contributed by atoms with van der Waals surface area (Å²) in [6.07, 6.45) is 2.23. The van der Waals surface area contributed by atoms with Crippen LogP contribution >= 0.6 is 11.6 Å². The largest absolute Gasteiger partial charge is 0.424 e. The molecule has 1 saturated heterocycles. The van der Waals surface area contributed by atoms with Crippen molar-refractivity contribution in [3.8, 4) is 0 Å². The van der Waals surface area contributed by atoms with E-state index in [0.717, 1.165) is 23.4 Å². The lowest BCUT2D eigenvalue weighted by molar-refractivity contribution is 0.0541. The molecule has 1 aliphatic heterocycles. The van der Waals surface area contributed by atoms with Gasteiger partial charge in [0.05, 0.1) is 11.8 Å². The van der Waals surface area contributed by atoms with Crippen LogP contribution in [0.25, 0.3) is 10.8 Å². The monoisotopic (exact) mass is 404 g/mol. The average Bonchev–Trinajstić information content (AvgIpc) is 3.24.